The fourth-order valence-corrected chi connectivity index (χ4v) is 7.77. The summed E-state index contributed by atoms with van der Waals surface area (Å²) in [5.41, 5.74) is 0.0547. The Morgan fingerprint density at radius 3 is 1.24 bits per heavy atom. The number of nitrogens with zero attached hydrogens (tertiary/aromatic N) is 1. The van der Waals surface area contributed by atoms with E-state index in [0.717, 1.165) is 103 Å². The number of likely N-dealkylation sites (tertiary alicyclic amines) is 1. The number of carbonyl (C=O) groups is 4. The Hall–Kier alpha value is -2.20. The number of nitrogens with one attached hydrogen (secondary N) is 1. The number of carboxylic acid groups (broad SMARTS) is 1. The number of rotatable bonds is 20. The van der Waals surface area contributed by atoms with Gasteiger partial charge in [0.15, 0.2) is 0 Å². The van der Waals surface area contributed by atoms with Crippen LogP contribution in [0.15, 0.2) is 0 Å². The lowest BCUT2D eigenvalue weighted by molar-refractivity contribution is -0.159. The summed E-state index contributed by atoms with van der Waals surface area (Å²) in [4.78, 5) is 48.0. The third-order valence-corrected chi connectivity index (χ3v) is 10.3. The third-order valence-electron chi connectivity index (χ3n) is 10.3. The second-order valence-electron chi connectivity index (χ2n) is 17.3. The van der Waals surface area contributed by atoms with E-state index in [1.54, 1.807) is 0 Å². The Bertz CT molecular complexity index is 1000. The Morgan fingerprint density at radius 2 is 0.880 bits per heavy atom. The molecule has 0 amide bonds. The van der Waals surface area contributed by atoms with Gasteiger partial charge in [0, 0.05) is 73.5 Å². The van der Waals surface area contributed by atoms with Gasteiger partial charge in [-0.05, 0) is 88.1 Å². The van der Waals surface area contributed by atoms with Crippen molar-refractivity contribution in [2.24, 2.45) is 0 Å². The Balaban J connectivity index is 0.000000502. The van der Waals surface area contributed by atoms with Gasteiger partial charge in [-0.1, -0.05) is 51.4 Å². The van der Waals surface area contributed by atoms with Crippen molar-refractivity contribution >= 4 is 23.9 Å². The van der Waals surface area contributed by atoms with Crippen LogP contribution in [-0.4, -0.2) is 82.4 Å². The average Bonchev–Trinajstić information content (AvgIpc) is 2.96. The Labute approximate surface area is 304 Å². The fraction of sp³-hybridized carbons (Fsp3) is 0.900. The Kier molecular flexibility index (Phi) is 20.2. The number of carbonyl (C=O) groups excluding carboxylic acids is 3. The molecule has 10 nitrogen and oxygen atoms in total. The SMILES string of the molecule is CC1(C)CC(OC(=O)CCCCCCCCC(=O)O)CC(C)(C)N1.COC(=O)CCCCCCCCC(=O)OC1CC(C)(C)N(C)C(C)(C)C1. The lowest BCUT2D eigenvalue weighted by Gasteiger charge is -2.53. The van der Waals surface area contributed by atoms with Crippen LogP contribution in [0.1, 0.15) is 184 Å². The first kappa shape index (κ1) is 45.8. The van der Waals surface area contributed by atoms with Crippen LogP contribution in [0.2, 0.25) is 0 Å². The molecule has 0 aromatic rings. The number of carboxylic acids is 1. The van der Waals surface area contributed by atoms with Gasteiger partial charge in [-0.2, -0.15) is 0 Å². The lowest BCUT2D eigenvalue weighted by atomic mass is 9.79. The van der Waals surface area contributed by atoms with Gasteiger partial charge in [-0.15, -0.1) is 0 Å². The number of piperidine rings is 2. The number of unbranched alkanes of at least 4 members (excludes halogenated alkanes) is 10. The van der Waals surface area contributed by atoms with E-state index in [-0.39, 0.29) is 58.7 Å². The highest BCUT2D eigenvalue weighted by atomic mass is 16.5. The Morgan fingerprint density at radius 1 is 0.560 bits per heavy atom. The minimum atomic E-state index is -0.720. The van der Waals surface area contributed by atoms with E-state index in [9.17, 15) is 19.2 Å². The van der Waals surface area contributed by atoms with Gasteiger partial charge < -0.3 is 24.6 Å². The van der Waals surface area contributed by atoms with Crippen LogP contribution >= 0.6 is 0 Å². The first-order valence-electron chi connectivity index (χ1n) is 19.4. The van der Waals surface area contributed by atoms with Crippen molar-refractivity contribution in [2.75, 3.05) is 14.2 Å². The minimum Gasteiger partial charge on any atom is -0.481 e. The molecule has 10 heteroatoms. The van der Waals surface area contributed by atoms with Crippen molar-refractivity contribution < 1.29 is 38.5 Å². The summed E-state index contributed by atoms with van der Waals surface area (Å²) in [5, 5.41) is 12.2. The summed E-state index contributed by atoms with van der Waals surface area (Å²) >= 11 is 0. The average molecular weight is 711 g/mol. The van der Waals surface area contributed by atoms with Gasteiger partial charge in [0.05, 0.1) is 7.11 Å². The first-order chi connectivity index (χ1) is 23.2. The number of esters is 3. The predicted octanol–water partition coefficient (Wildman–Crippen LogP) is 8.52. The number of methoxy groups -OCH3 is 1. The molecule has 0 unspecified atom stereocenters. The van der Waals surface area contributed by atoms with Crippen molar-refractivity contribution in [2.45, 2.75) is 218 Å². The molecule has 0 aliphatic carbocycles. The maximum absolute atomic E-state index is 12.2. The number of ether oxygens (including phenoxy) is 3. The molecule has 292 valence electrons. The molecule has 2 aliphatic heterocycles. The van der Waals surface area contributed by atoms with Crippen LogP contribution < -0.4 is 5.32 Å². The van der Waals surface area contributed by atoms with Crippen LogP contribution in [0, 0.1) is 0 Å². The minimum absolute atomic E-state index is 0.000214. The highest BCUT2D eigenvalue weighted by Gasteiger charge is 2.44. The molecule has 2 saturated heterocycles. The highest BCUT2D eigenvalue weighted by Crippen LogP contribution is 2.38. The monoisotopic (exact) mass is 711 g/mol. The molecule has 50 heavy (non-hydrogen) atoms. The molecular weight excluding hydrogens is 636 g/mol. The zero-order chi connectivity index (χ0) is 38.0. The summed E-state index contributed by atoms with van der Waals surface area (Å²) < 4.78 is 16.1. The van der Waals surface area contributed by atoms with E-state index in [1.807, 2.05) is 0 Å². The van der Waals surface area contributed by atoms with Crippen molar-refractivity contribution in [3.8, 4) is 0 Å². The largest absolute Gasteiger partial charge is 0.481 e. The van der Waals surface area contributed by atoms with Crippen LogP contribution in [0.3, 0.4) is 0 Å². The highest BCUT2D eigenvalue weighted by molar-refractivity contribution is 5.70. The van der Waals surface area contributed by atoms with Gasteiger partial charge in [-0.3, -0.25) is 24.1 Å². The van der Waals surface area contributed by atoms with Gasteiger partial charge in [-0.25, -0.2) is 0 Å². The molecule has 0 radical (unpaired) electrons. The molecule has 0 aromatic carbocycles. The fourth-order valence-electron chi connectivity index (χ4n) is 7.77. The number of hydrogen-bond donors (Lipinski definition) is 2. The predicted molar refractivity (Wildman–Crippen MR) is 199 cm³/mol. The lowest BCUT2D eigenvalue weighted by Crippen LogP contribution is -2.60. The van der Waals surface area contributed by atoms with E-state index >= 15 is 0 Å². The van der Waals surface area contributed by atoms with Crippen molar-refractivity contribution in [1.29, 1.82) is 0 Å². The summed E-state index contributed by atoms with van der Waals surface area (Å²) in [6.07, 6.45) is 17.0. The smallest absolute Gasteiger partial charge is 0.306 e. The van der Waals surface area contributed by atoms with Crippen LogP contribution in [0.25, 0.3) is 0 Å². The molecule has 2 N–H and O–H groups in total. The molecule has 2 rings (SSSR count). The second kappa shape index (κ2) is 22.0. The topological polar surface area (TPSA) is 131 Å². The van der Waals surface area contributed by atoms with E-state index < -0.39 is 5.97 Å². The molecule has 2 fully saturated rings. The number of aliphatic carboxylic acids is 1. The van der Waals surface area contributed by atoms with E-state index in [0.29, 0.717) is 19.3 Å². The van der Waals surface area contributed by atoms with E-state index in [4.69, 9.17) is 14.6 Å². The van der Waals surface area contributed by atoms with Crippen molar-refractivity contribution in [3.63, 3.8) is 0 Å². The van der Waals surface area contributed by atoms with Gasteiger partial charge in [0.1, 0.15) is 12.2 Å². The quantitative estimate of drug-likeness (QED) is 0.0720. The summed E-state index contributed by atoms with van der Waals surface area (Å²) in [5.74, 6) is -0.994. The zero-order valence-electron chi connectivity index (χ0n) is 33.5. The normalized spacial score (nSPS) is 19.9. The molecule has 2 aliphatic rings. The molecule has 0 saturated carbocycles. The van der Waals surface area contributed by atoms with E-state index in [1.165, 1.54) is 7.11 Å². The second-order valence-corrected chi connectivity index (χ2v) is 17.3. The van der Waals surface area contributed by atoms with Crippen LogP contribution in [-0.2, 0) is 33.4 Å². The van der Waals surface area contributed by atoms with Gasteiger partial charge in [0.25, 0.3) is 0 Å². The zero-order valence-corrected chi connectivity index (χ0v) is 33.5. The summed E-state index contributed by atoms with van der Waals surface area (Å²) in [6, 6.07) is 0. The van der Waals surface area contributed by atoms with Gasteiger partial charge in [0.2, 0.25) is 0 Å². The van der Waals surface area contributed by atoms with Crippen molar-refractivity contribution in [1.82, 2.24) is 10.2 Å². The summed E-state index contributed by atoms with van der Waals surface area (Å²) in [6.45, 7) is 17.5. The first-order valence-corrected chi connectivity index (χ1v) is 19.4. The van der Waals surface area contributed by atoms with Crippen LogP contribution in [0.5, 0.6) is 0 Å². The maximum Gasteiger partial charge on any atom is 0.306 e. The number of hydrogen-bond acceptors (Lipinski definition) is 9. The van der Waals surface area contributed by atoms with E-state index in [2.05, 4.69) is 77.4 Å². The molecule has 0 atom stereocenters. The summed E-state index contributed by atoms with van der Waals surface area (Å²) in [7, 11) is 3.58. The third kappa shape index (κ3) is 20.0. The van der Waals surface area contributed by atoms with Gasteiger partial charge >= 0.3 is 23.9 Å². The maximum atomic E-state index is 12.2. The van der Waals surface area contributed by atoms with Crippen LogP contribution in [0.4, 0.5) is 0 Å². The molecule has 0 spiro atoms. The molecule has 0 aromatic heterocycles. The van der Waals surface area contributed by atoms with Crippen molar-refractivity contribution in [3.05, 3.63) is 0 Å². The molecule has 0 bridgehead atoms. The standard InChI is InChI=1S/C21H39NO4.C19H35NO4/c1-20(2)15-17(16-21(3,4)22(20)5)26-19(24)14-12-10-8-7-9-11-13-18(23)25-6;1-18(2)13-15(14-19(3,4)20-18)24-17(23)12-10-8-6-5-7-9-11-16(21)22/h17H,7-16H2,1-6H3;15,20H,5-14H2,1-4H3,(H,21,22). The molecule has 2 heterocycles. The molecular formula is C40H74N2O8.